The van der Waals surface area contributed by atoms with Gasteiger partial charge in [0.05, 0.1) is 6.42 Å². The molecule has 0 N–H and O–H groups in total. The molecule has 4 heteroatoms. The molecule has 0 aliphatic carbocycles. The van der Waals surface area contributed by atoms with Gasteiger partial charge < -0.3 is 14.4 Å². The molecule has 0 fully saturated rings. The van der Waals surface area contributed by atoms with Gasteiger partial charge in [-0.3, -0.25) is 4.79 Å². The van der Waals surface area contributed by atoms with E-state index >= 15 is 0 Å². The van der Waals surface area contributed by atoms with E-state index in [4.69, 9.17) is 9.47 Å². The van der Waals surface area contributed by atoms with Gasteiger partial charge in [-0.05, 0) is 75.7 Å². The lowest BCUT2D eigenvalue weighted by atomic mass is 9.92. The van der Waals surface area contributed by atoms with Crippen LogP contribution in [0.4, 0.5) is 0 Å². The molecule has 2 aromatic carbocycles. The van der Waals surface area contributed by atoms with E-state index in [2.05, 4.69) is 49.3 Å². The zero-order valence-corrected chi connectivity index (χ0v) is 18.1. The average molecular weight is 394 g/mol. The van der Waals surface area contributed by atoms with Crippen molar-refractivity contribution in [1.29, 1.82) is 0 Å². The largest absolute Gasteiger partial charge is 0.488 e. The minimum absolute atomic E-state index is 0.217. The van der Waals surface area contributed by atoms with Gasteiger partial charge in [0.25, 0.3) is 0 Å². The van der Waals surface area contributed by atoms with Crippen LogP contribution in [0.3, 0.4) is 0 Å². The quantitative estimate of drug-likeness (QED) is 0.681. The summed E-state index contributed by atoms with van der Waals surface area (Å²) >= 11 is 0. The number of benzene rings is 2. The number of fused-ring (bicyclic) bond motifs is 2. The number of carbonyl (C=O) groups excluding carboxylic acids is 1. The Labute approximate surface area is 174 Å². The lowest BCUT2D eigenvalue weighted by Gasteiger charge is -2.19. The van der Waals surface area contributed by atoms with E-state index in [0.29, 0.717) is 6.61 Å². The number of nitrogens with zero attached hydrogens (tertiary/aromatic N) is 1. The van der Waals surface area contributed by atoms with Crippen LogP contribution >= 0.6 is 0 Å². The second kappa shape index (κ2) is 8.83. The molecule has 3 rings (SSSR count). The van der Waals surface area contributed by atoms with Gasteiger partial charge in [-0.15, -0.1) is 0 Å². The lowest BCUT2D eigenvalue weighted by Crippen LogP contribution is -2.24. The van der Waals surface area contributed by atoms with Gasteiger partial charge >= 0.3 is 5.97 Å². The summed E-state index contributed by atoms with van der Waals surface area (Å²) in [6, 6.07) is 14.4. The molecule has 0 atom stereocenters. The van der Waals surface area contributed by atoms with Gasteiger partial charge in [-0.2, -0.15) is 0 Å². The minimum atomic E-state index is -0.484. The maximum atomic E-state index is 12.3. The Morgan fingerprint density at radius 1 is 1.14 bits per heavy atom. The van der Waals surface area contributed by atoms with Gasteiger partial charge in [0.15, 0.2) is 0 Å². The Balaban J connectivity index is 1.97. The molecular formula is C25H31NO3. The standard InChI is InChI=1S/C25H31NO3/c1-25(2,3)29-24(27)16-18-12-13-23-22(15-18)21(11-8-14-26(4)5)20-10-7-6-9-19(20)17-28-23/h6-7,9-13,15H,8,14,16-17H2,1-5H3/b21-11+. The van der Waals surface area contributed by atoms with E-state index in [9.17, 15) is 4.79 Å². The van der Waals surface area contributed by atoms with Crippen molar-refractivity contribution in [2.24, 2.45) is 0 Å². The second-order valence-corrected chi connectivity index (χ2v) is 8.75. The Hall–Kier alpha value is -2.59. The molecule has 0 saturated carbocycles. The highest BCUT2D eigenvalue weighted by molar-refractivity contribution is 5.85. The van der Waals surface area contributed by atoms with Crippen molar-refractivity contribution in [2.75, 3.05) is 20.6 Å². The molecule has 0 bridgehead atoms. The van der Waals surface area contributed by atoms with Crippen LogP contribution in [-0.2, 0) is 22.6 Å². The van der Waals surface area contributed by atoms with E-state index in [1.807, 2.05) is 39.0 Å². The zero-order chi connectivity index (χ0) is 21.0. The summed E-state index contributed by atoms with van der Waals surface area (Å²) < 4.78 is 11.6. The Morgan fingerprint density at radius 3 is 2.62 bits per heavy atom. The predicted molar refractivity (Wildman–Crippen MR) is 117 cm³/mol. The van der Waals surface area contributed by atoms with Crippen molar-refractivity contribution in [3.05, 3.63) is 70.8 Å². The molecule has 0 amide bonds. The zero-order valence-electron chi connectivity index (χ0n) is 18.1. The maximum Gasteiger partial charge on any atom is 0.310 e. The maximum absolute atomic E-state index is 12.3. The van der Waals surface area contributed by atoms with Crippen LogP contribution in [0.2, 0.25) is 0 Å². The first-order valence-corrected chi connectivity index (χ1v) is 10.1. The summed E-state index contributed by atoms with van der Waals surface area (Å²) in [6.07, 6.45) is 3.47. The van der Waals surface area contributed by atoms with E-state index in [1.54, 1.807) is 0 Å². The average Bonchev–Trinajstić information content (AvgIpc) is 2.77. The monoisotopic (exact) mass is 393 g/mol. The van der Waals surface area contributed by atoms with Crippen LogP contribution in [0.1, 0.15) is 49.4 Å². The van der Waals surface area contributed by atoms with Crippen LogP contribution in [0.25, 0.3) is 5.57 Å². The molecule has 1 heterocycles. The SMILES string of the molecule is CN(C)CC/C=C1\c2ccccc2COc2ccc(CC(=O)OC(C)(C)C)cc21. The van der Waals surface area contributed by atoms with Gasteiger partial charge in [0.2, 0.25) is 0 Å². The smallest absolute Gasteiger partial charge is 0.310 e. The number of esters is 1. The first-order valence-electron chi connectivity index (χ1n) is 10.1. The van der Waals surface area contributed by atoms with Crippen molar-refractivity contribution >= 4 is 11.5 Å². The van der Waals surface area contributed by atoms with Gasteiger partial charge in [0.1, 0.15) is 18.0 Å². The highest BCUT2D eigenvalue weighted by Crippen LogP contribution is 2.37. The highest BCUT2D eigenvalue weighted by Gasteiger charge is 2.21. The van der Waals surface area contributed by atoms with Crippen LogP contribution < -0.4 is 4.74 Å². The predicted octanol–water partition coefficient (Wildman–Crippen LogP) is 4.85. The fourth-order valence-corrected chi connectivity index (χ4v) is 3.46. The molecule has 0 saturated heterocycles. The summed E-state index contributed by atoms with van der Waals surface area (Å²) in [6.45, 7) is 7.17. The first-order chi connectivity index (χ1) is 13.7. The summed E-state index contributed by atoms with van der Waals surface area (Å²) in [5.41, 5.74) is 5.02. The van der Waals surface area contributed by atoms with Crippen molar-refractivity contribution in [3.63, 3.8) is 0 Å². The fraction of sp³-hybridized carbons (Fsp3) is 0.400. The van der Waals surface area contributed by atoms with Crippen molar-refractivity contribution < 1.29 is 14.3 Å². The van der Waals surface area contributed by atoms with Crippen LogP contribution in [0.5, 0.6) is 5.75 Å². The Kier molecular flexibility index (Phi) is 6.43. The molecule has 2 aromatic rings. The van der Waals surface area contributed by atoms with E-state index in [1.165, 1.54) is 16.7 Å². The van der Waals surface area contributed by atoms with Crippen LogP contribution in [0, 0.1) is 0 Å². The van der Waals surface area contributed by atoms with Gasteiger partial charge in [-0.1, -0.05) is 36.4 Å². The van der Waals surface area contributed by atoms with Crippen molar-refractivity contribution in [3.8, 4) is 5.75 Å². The third-order valence-electron chi connectivity index (χ3n) is 4.72. The first kappa shape index (κ1) is 21.1. The summed E-state index contributed by atoms with van der Waals surface area (Å²) in [5, 5.41) is 0. The number of hydrogen-bond donors (Lipinski definition) is 0. The third kappa shape index (κ3) is 5.70. The summed E-state index contributed by atoms with van der Waals surface area (Å²) in [4.78, 5) is 14.5. The van der Waals surface area contributed by atoms with E-state index in [-0.39, 0.29) is 12.4 Å². The molecule has 0 spiro atoms. The van der Waals surface area contributed by atoms with Crippen molar-refractivity contribution in [1.82, 2.24) is 4.90 Å². The Morgan fingerprint density at radius 2 is 1.90 bits per heavy atom. The van der Waals surface area contributed by atoms with Gasteiger partial charge in [0, 0.05) is 12.1 Å². The molecule has 1 aliphatic rings. The summed E-state index contributed by atoms with van der Waals surface area (Å²) in [7, 11) is 4.16. The number of ether oxygens (including phenoxy) is 2. The minimum Gasteiger partial charge on any atom is -0.488 e. The van der Waals surface area contributed by atoms with Crippen molar-refractivity contribution in [2.45, 2.75) is 45.8 Å². The molecule has 1 aliphatic heterocycles. The number of rotatable bonds is 5. The third-order valence-corrected chi connectivity index (χ3v) is 4.72. The molecule has 0 radical (unpaired) electrons. The second-order valence-electron chi connectivity index (χ2n) is 8.75. The van der Waals surface area contributed by atoms with E-state index in [0.717, 1.165) is 29.8 Å². The summed E-state index contributed by atoms with van der Waals surface area (Å²) in [5.74, 6) is 0.635. The fourth-order valence-electron chi connectivity index (χ4n) is 3.46. The molecule has 4 nitrogen and oxygen atoms in total. The Bertz CT molecular complexity index is 907. The highest BCUT2D eigenvalue weighted by atomic mass is 16.6. The molecule has 0 aromatic heterocycles. The van der Waals surface area contributed by atoms with E-state index < -0.39 is 5.60 Å². The molecule has 0 unspecified atom stereocenters. The number of carbonyl (C=O) groups is 1. The topological polar surface area (TPSA) is 38.8 Å². The lowest BCUT2D eigenvalue weighted by molar-refractivity contribution is -0.153. The van der Waals surface area contributed by atoms with Crippen LogP contribution in [-0.4, -0.2) is 37.1 Å². The normalized spacial score (nSPS) is 14.8. The molecular weight excluding hydrogens is 362 g/mol. The number of hydrogen-bond acceptors (Lipinski definition) is 4. The van der Waals surface area contributed by atoms with Crippen LogP contribution in [0.15, 0.2) is 48.5 Å². The molecule has 154 valence electrons. The molecule has 29 heavy (non-hydrogen) atoms. The van der Waals surface area contributed by atoms with Gasteiger partial charge in [-0.25, -0.2) is 0 Å².